The van der Waals surface area contributed by atoms with Crippen LogP contribution in [0.4, 0.5) is 4.79 Å². The third-order valence-electron chi connectivity index (χ3n) is 4.50. The van der Waals surface area contributed by atoms with Gasteiger partial charge in [-0.15, -0.1) is 0 Å². The molecule has 1 unspecified atom stereocenters. The van der Waals surface area contributed by atoms with Crippen LogP contribution in [0.25, 0.3) is 0 Å². The van der Waals surface area contributed by atoms with Crippen molar-refractivity contribution in [1.29, 1.82) is 0 Å². The van der Waals surface area contributed by atoms with Crippen LogP contribution in [0.5, 0.6) is 0 Å². The summed E-state index contributed by atoms with van der Waals surface area (Å²) in [4.78, 5) is 25.2. The van der Waals surface area contributed by atoms with Gasteiger partial charge in [0.2, 0.25) is 0 Å². The minimum atomic E-state index is -0.354. The summed E-state index contributed by atoms with van der Waals surface area (Å²) in [6, 6.07) is -0.371. The van der Waals surface area contributed by atoms with E-state index in [4.69, 9.17) is 4.74 Å². The number of urea groups is 1. The van der Waals surface area contributed by atoms with E-state index < -0.39 is 0 Å². The smallest absolute Gasteiger partial charge is 0.321 e. The first-order valence-electron chi connectivity index (χ1n) is 8.07. The molecule has 21 heavy (non-hydrogen) atoms. The zero-order valence-corrected chi connectivity index (χ0v) is 13.3. The molecule has 1 aliphatic heterocycles. The number of hydrogen-bond acceptors (Lipinski definition) is 3. The van der Waals surface area contributed by atoms with Crippen molar-refractivity contribution in [2.45, 2.75) is 70.7 Å². The lowest BCUT2D eigenvalue weighted by atomic mass is 10.1. The Morgan fingerprint density at radius 3 is 2.29 bits per heavy atom. The van der Waals surface area contributed by atoms with Gasteiger partial charge < -0.3 is 15.0 Å². The second-order valence-electron chi connectivity index (χ2n) is 6.49. The number of carbonyl (C=O) groups is 2. The van der Waals surface area contributed by atoms with Crippen LogP contribution in [0.2, 0.25) is 0 Å². The van der Waals surface area contributed by atoms with Crippen molar-refractivity contribution in [3.05, 3.63) is 0 Å². The van der Waals surface area contributed by atoms with Crippen molar-refractivity contribution in [2.24, 2.45) is 0 Å². The second kappa shape index (κ2) is 7.22. The number of hydrogen-bond donors (Lipinski definition) is 3. The van der Waals surface area contributed by atoms with E-state index in [9.17, 15) is 9.59 Å². The van der Waals surface area contributed by atoms with E-state index in [-0.39, 0.29) is 36.2 Å². The number of rotatable bonds is 3. The summed E-state index contributed by atoms with van der Waals surface area (Å²) in [7, 11) is 0. The summed E-state index contributed by atoms with van der Waals surface area (Å²) >= 11 is 0. The molecular formula is C15H28N3O3+. The van der Waals surface area contributed by atoms with Crippen LogP contribution in [0, 0.1) is 0 Å². The highest BCUT2D eigenvalue weighted by molar-refractivity contribution is 5.96. The zero-order valence-electron chi connectivity index (χ0n) is 13.3. The van der Waals surface area contributed by atoms with E-state index in [0.29, 0.717) is 0 Å². The average Bonchev–Trinajstić information content (AvgIpc) is 2.89. The van der Waals surface area contributed by atoms with Gasteiger partial charge in [-0.2, -0.15) is 0 Å². The number of morpholine rings is 1. The molecule has 0 aromatic rings. The molecule has 2 rings (SSSR count). The maximum atomic E-state index is 12.2. The Hall–Kier alpha value is -1.14. The van der Waals surface area contributed by atoms with Crippen molar-refractivity contribution >= 4 is 11.9 Å². The summed E-state index contributed by atoms with van der Waals surface area (Å²) in [6.07, 6.45) is 4.63. The molecule has 1 heterocycles. The van der Waals surface area contributed by atoms with E-state index in [1.54, 1.807) is 0 Å². The predicted molar refractivity (Wildman–Crippen MR) is 79.1 cm³/mol. The summed E-state index contributed by atoms with van der Waals surface area (Å²) < 4.78 is 5.68. The summed E-state index contributed by atoms with van der Waals surface area (Å²) in [5, 5.41) is 5.36. The largest absolute Gasteiger partial charge is 0.364 e. The Morgan fingerprint density at radius 2 is 1.71 bits per heavy atom. The minimum Gasteiger partial charge on any atom is -0.364 e. The minimum absolute atomic E-state index is 0.145. The van der Waals surface area contributed by atoms with E-state index in [1.807, 2.05) is 20.8 Å². The van der Waals surface area contributed by atoms with Gasteiger partial charge in [-0.25, -0.2) is 4.79 Å². The maximum Gasteiger partial charge on any atom is 0.321 e. The van der Waals surface area contributed by atoms with E-state index >= 15 is 0 Å². The lowest BCUT2D eigenvalue weighted by molar-refractivity contribution is -0.928. The van der Waals surface area contributed by atoms with Gasteiger partial charge in [0.25, 0.3) is 5.91 Å². The molecule has 0 radical (unpaired) electrons. The topological polar surface area (TPSA) is 71.9 Å². The maximum absolute atomic E-state index is 12.2. The van der Waals surface area contributed by atoms with Crippen LogP contribution in [0.15, 0.2) is 0 Å². The van der Waals surface area contributed by atoms with Crippen molar-refractivity contribution < 1.29 is 19.2 Å². The summed E-state index contributed by atoms with van der Waals surface area (Å²) in [5.74, 6) is -0.207. The highest BCUT2D eigenvalue weighted by Crippen LogP contribution is 2.17. The molecule has 0 aromatic heterocycles. The van der Waals surface area contributed by atoms with Crippen molar-refractivity contribution in [3.8, 4) is 0 Å². The van der Waals surface area contributed by atoms with Gasteiger partial charge in [0.1, 0.15) is 25.3 Å². The number of carbonyl (C=O) groups excluding carboxylic acids is 2. The molecule has 1 aliphatic carbocycles. The molecule has 3 amide bonds. The molecule has 0 aromatic carbocycles. The van der Waals surface area contributed by atoms with Gasteiger partial charge in [-0.05, 0) is 33.6 Å². The lowest BCUT2D eigenvalue weighted by Crippen LogP contribution is -3.19. The molecule has 6 nitrogen and oxygen atoms in total. The van der Waals surface area contributed by atoms with Gasteiger partial charge in [-0.3, -0.25) is 10.1 Å². The molecule has 0 spiro atoms. The molecule has 120 valence electrons. The van der Waals surface area contributed by atoms with Crippen LogP contribution in [0.1, 0.15) is 46.5 Å². The van der Waals surface area contributed by atoms with Crippen molar-refractivity contribution in [3.63, 3.8) is 0 Å². The molecule has 2 fully saturated rings. The van der Waals surface area contributed by atoms with E-state index in [1.165, 1.54) is 4.90 Å². The van der Waals surface area contributed by atoms with Gasteiger partial charge in [0, 0.05) is 6.04 Å². The molecule has 4 atom stereocenters. The standard InChI is InChI=1S/C15H27N3O3/c1-10-8-18(9-11(2)21-10)12(3)14(19)17-15(20)16-13-6-4-5-7-13/h10-13H,4-9H2,1-3H3,(H2,16,17,19,20)/p+1/t10-,11+,12-/m0/s1. The number of imide groups is 1. The average molecular weight is 298 g/mol. The fourth-order valence-electron chi connectivity index (χ4n) is 3.37. The first-order chi connectivity index (χ1) is 9.95. The number of quaternary nitrogens is 1. The first kappa shape index (κ1) is 16.2. The normalized spacial score (nSPS) is 31.7. The molecule has 6 heteroatoms. The fourth-order valence-corrected chi connectivity index (χ4v) is 3.37. The van der Waals surface area contributed by atoms with Crippen LogP contribution in [0.3, 0.4) is 0 Å². The van der Waals surface area contributed by atoms with Crippen molar-refractivity contribution in [1.82, 2.24) is 10.6 Å². The van der Waals surface area contributed by atoms with Gasteiger partial charge in [-0.1, -0.05) is 12.8 Å². The summed E-state index contributed by atoms with van der Waals surface area (Å²) in [6.45, 7) is 7.50. The molecule has 1 saturated heterocycles. The highest BCUT2D eigenvalue weighted by atomic mass is 16.5. The van der Waals surface area contributed by atoms with Crippen LogP contribution >= 0.6 is 0 Å². The van der Waals surface area contributed by atoms with Crippen LogP contribution in [-0.2, 0) is 9.53 Å². The van der Waals surface area contributed by atoms with Gasteiger partial charge in [0.05, 0.1) is 0 Å². The number of nitrogens with one attached hydrogen (secondary N) is 3. The van der Waals surface area contributed by atoms with Crippen LogP contribution < -0.4 is 15.5 Å². The third-order valence-corrected chi connectivity index (χ3v) is 4.50. The quantitative estimate of drug-likeness (QED) is 0.678. The van der Waals surface area contributed by atoms with E-state index in [2.05, 4.69) is 10.6 Å². The van der Waals surface area contributed by atoms with Crippen LogP contribution in [-0.4, -0.2) is 49.3 Å². The number of ether oxygens (including phenoxy) is 1. The molecular weight excluding hydrogens is 270 g/mol. The first-order valence-corrected chi connectivity index (χ1v) is 8.07. The Bertz CT molecular complexity index is 372. The van der Waals surface area contributed by atoms with E-state index in [0.717, 1.165) is 38.8 Å². The Morgan fingerprint density at radius 1 is 1.14 bits per heavy atom. The predicted octanol–water partition coefficient (Wildman–Crippen LogP) is -0.165. The molecule has 1 saturated carbocycles. The summed E-state index contributed by atoms with van der Waals surface area (Å²) in [5.41, 5.74) is 0. The molecule has 2 aliphatic rings. The SMILES string of the molecule is C[C@@H]1C[NH+]([C@@H](C)C(=O)NC(=O)NC2CCCC2)C[C@H](C)O1. The Balaban J connectivity index is 1.79. The zero-order chi connectivity index (χ0) is 15.4. The Kier molecular flexibility index (Phi) is 5.58. The van der Waals surface area contributed by atoms with Gasteiger partial charge in [0.15, 0.2) is 6.04 Å². The Labute approximate surface area is 126 Å². The number of amides is 3. The van der Waals surface area contributed by atoms with Gasteiger partial charge >= 0.3 is 6.03 Å². The highest BCUT2D eigenvalue weighted by Gasteiger charge is 2.33. The molecule has 0 bridgehead atoms. The molecule has 3 N–H and O–H groups in total. The third kappa shape index (κ3) is 4.68. The second-order valence-corrected chi connectivity index (χ2v) is 6.49. The fraction of sp³-hybridized carbons (Fsp3) is 0.867. The van der Waals surface area contributed by atoms with Crippen molar-refractivity contribution in [2.75, 3.05) is 13.1 Å². The monoisotopic (exact) mass is 298 g/mol. The lowest BCUT2D eigenvalue weighted by Gasteiger charge is -2.35.